The van der Waals surface area contributed by atoms with E-state index in [0.29, 0.717) is 17.7 Å². The maximum Gasteiger partial charge on any atom is 2.00 e. The molecule has 1 aliphatic rings. The average molecular weight is 322 g/mol. The molecule has 0 heterocycles. The number of ether oxygens (including phenoxy) is 1. The van der Waals surface area contributed by atoms with Gasteiger partial charge in [-0.1, -0.05) is 35.7 Å². The Balaban J connectivity index is 0.00000128. The molecular weight excluding hydrogens is 312 g/mol. The van der Waals surface area contributed by atoms with Gasteiger partial charge in [0, 0.05) is 5.76 Å². The van der Waals surface area contributed by atoms with E-state index >= 15 is 0 Å². The van der Waals surface area contributed by atoms with Gasteiger partial charge in [0.2, 0.25) is 0 Å². The Kier molecular flexibility index (Phi) is 8.57. The van der Waals surface area contributed by atoms with Crippen molar-refractivity contribution in [1.29, 1.82) is 0 Å². The van der Waals surface area contributed by atoms with Crippen LogP contribution in [0, 0.1) is 5.38 Å². The molecule has 0 aliphatic heterocycles. The van der Waals surface area contributed by atoms with Crippen LogP contribution in [0.1, 0.15) is 5.56 Å². The Morgan fingerprint density at radius 1 is 1.24 bits per heavy atom. The molecule has 2 rings (SSSR count). The fourth-order valence-corrected chi connectivity index (χ4v) is 1.33. The summed E-state index contributed by atoms with van der Waals surface area (Å²) in [6.07, 6.45) is 5.30. The molecule has 0 radical (unpaired) electrons. The van der Waals surface area contributed by atoms with Crippen LogP contribution in [-0.4, -0.2) is 23.1 Å². The molecule has 0 aromatic heterocycles. The number of benzene rings is 1. The summed E-state index contributed by atoms with van der Waals surface area (Å²) in [7, 11) is 0. The summed E-state index contributed by atoms with van der Waals surface area (Å²) >= 11 is 5.74. The fraction of sp³-hybridized carbons (Fsp3) is 0.0769. The van der Waals surface area contributed by atoms with Gasteiger partial charge in [-0.15, -0.1) is 18.2 Å². The van der Waals surface area contributed by atoms with E-state index < -0.39 is 0 Å². The van der Waals surface area contributed by atoms with E-state index in [1.807, 2.05) is 36.4 Å². The first kappa shape index (κ1) is 16.7. The number of hydrogen-bond donors (Lipinski definition) is 0. The Morgan fingerprint density at radius 3 is 2.53 bits per heavy atom. The first-order valence-corrected chi connectivity index (χ1v) is 5.06. The molecule has 0 fully saturated rings. The molecular formula is C13H10BrClMgO. The summed E-state index contributed by atoms with van der Waals surface area (Å²) in [6.45, 7) is 0.555. The summed E-state index contributed by atoms with van der Waals surface area (Å²) in [4.78, 5) is 0. The minimum absolute atomic E-state index is 0. The Bertz CT molecular complexity index is 424. The van der Waals surface area contributed by atoms with Crippen LogP contribution in [0.5, 0.6) is 0 Å². The van der Waals surface area contributed by atoms with Crippen molar-refractivity contribution in [2.45, 2.75) is 6.61 Å². The van der Waals surface area contributed by atoms with Crippen LogP contribution >= 0.6 is 11.6 Å². The maximum atomic E-state index is 5.74. The van der Waals surface area contributed by atoms with Crippen LogP contribution in [-0.2, 0) is 11.3 Å². The second-order valence-electron chi connectivity index (χ2n) is 3.15. The van der Waals surface area contributed by atoms with Crippen LogP contribution in [0.3, 0.4) is 0 Å². The summed E-state index contributed by atoms with van der Waals surface area (Å²) < 4.78 is 5.53. The summed E-state index contributed by atoms with van der Waals surface area (Å²) in [5.41, 5.74) is 4.09. The zero-order valence-electron chi connectivity index (χ0n) is 9.20. The molecule has 4 heteroatoms. The topological polar surface area (TPSA) is 9.23 Å². The normalized spacial score (nSPS) is 12.3. The third-order valence-corrected chi connectivity index (χ3v) is 2.22. The van der Waals surface area contributed by atoms with Gasteiger partial charge in [-0.05, 0) is 5.56 Å². The molecule has 0 saturated heterocycles. The molecule has 1 aliphatic carbocycles. The standard InChI is InChI=1S/C13H10ClO.BrH.Mg/c14-12-6-8-13(9-7-12)15-10-11-4-2-1-3-5-11;;/h1-8H,10H2;1H;/q-1;;+2/p-1. The Hall–Kier alpha value is -0.314. The van der Waals surface area contributed by atoms with Crippen LogP contribution < -0.4 is 17.0 Å². The summed E-state index contributed by atoms with van der Waals surface area (Å²) in [6, 6.07) is 10.0. The van der Waals surface area contributed by atoms with Crippen LogP contribution in [0.15, 0.2) is 60.1 Å². The Morgan fingerprint density at radius 2 is 1.94 bits per heavy atom. The predicted octanol–water partition coefficient (Wildman–Crippen LogP) is 0.206. The van der Waals surface area contributed by atoms with E-state index in [0.717, 1.165) is 5.56 Å². The molecule has 1 aromatic rings. The number of halogens is 2. The number of hydrogen-bond acceptors (Lipinski definition) is 1. The molecule has 17 heavy (non-hydrogen) atoms. The van der Waals surface area contributed by atoms with Gasteiger partial charge in [0.25, 0.3) is 0 Å². The molecule has 0 saturated carbocycles. The van der Waals surface area contributed by atoms with Gasteiger partial charge in [0.15, 0.2) is 0 Å². The van der Waals surface area contributed by atoms with E-state index in [-0.39, 0.29) is 40.0 Å². The summed E-state index contributed by atoms with van der Waals surface area (Å²) in [5, 5.41) is 0.669. The predicted molar refractivity (Wildman–Crippen MR) is 66.8 cm³/mol. The van der Waals surface area contributed by atoms with E-state index in [2.05, 4.69) is 5.73 Å². The fourth-order valence-electron chi connectivity index (χ4n) is 1.22. The molecule has 0 atom stereocenters. The van der Waals surface area contributed by atoms with Crippen molar-refractivity contribution in [3.63, 3.8) is 0 Å². The van der Waals surface area contributed by atoms with Crippen molar-refractivity contribution >= 4 is 34.7 Å². The van der Waals surface area contributed by atoms with E-state index in [1.54, 1.807) is 12.2 Å². The zero-order valence-corrected chi connectivity index (χ0v) is 13.0. The molecule has 0 spiro atoms. The molecule has 0 N–H and O–H groups in total. The van der Waals surface area contributed by atoms with Crippen molar-refractivity contribution in [2.24, 2.45) is 0 Å². The molecule has 0 amide bonds. The van der Waals surface area contributed by atoms with Gasteiger partial charge in [-0.3, -0.25) is 0 Å². The SMILES string of the molecule is Cl[C-]1C=C=C(OCc2ccccc2)C=C1.[Br-].[Mg+2]. The molecule has 84 valence electrons. The minimum atomic E-state index is 0. The van der Waals surface area contributed by atoms with E-state index in [9.17, 15) is 0 Å². The zero-order chi connectivity index (χ0) is 10.5. The quantitative estimate of drug-likeness (QED) is 0.439. The third kappa shape index (κ3) is 5.71. The van der Waals surface area contributed by atoms with Gasteiger partial charge in [-0.25, -0.2) is 5.73 Å². The molecule has 0 bridgehead atoms. The van der Waals surface area contributed by atoms with Crippen molar-refractivity contribution in [3.05, 3.63) is 71.0 Å². The first-order valence-electron chi connectivity index (χ1n) is 4.68. The van der Waals surface area contributed by atoms with Crippen LogP contribution in [0.4, 0.5) is 0 Å². The van der Waals surface area contributed by atoms with Gasteiger partial charge in [0.05, 0.1) is 0 Å². The van der Waals surface area contributed by atoms with Crippen molar-refractivity contribution in [2.75, 3.05) is 0 Å². The second-order valence-corrected chi connectivity index (χ2v) is 3.58. The molecule has 0 unspecified atom stereocenters. The van der Waals surface area contributed by atoms with Gasteiger partial charge in [-0.2, -0.15) is 11.6 Å². The molecule has 1 aromatic carbocycles. The van der Waals surface area contributed by atoms with Gasteiger partial charge >= 0.3 is 23.1 Å². The van der Waals surface area contributed by atoms with E-state index in [1.165, 1.54) is 0 Å². The average Bonchev–Trinajstić information content (AvgIpc) is 2.30. The van der Waals surface area contributed by atoms with Crippen molar-refractivity contribution in [3.8, 4) is 0 Å². The monoisotopic (exact) mass is 320 g/mol. The van der Waals surface area contributed by atoms with Gasteiger partial charge < -0.3 is 21.7 Å². The maximum absolute atomic E-state index is 5.74. The third-order valence-electron chi connectivity index (χ3n) is 1.98. The molecule has 1 nitrogen and oxygen atoms in total. The second kappa shape index (κ2) is 8.73. The van der Waals surface area contributed by atoms with Crippen LogP contribution in [0.25, 0.3) is 0 Å². The smallest absolute Gasteiger partial charge is 1.00 e. The van der Waals surface area contributed by atoms with Gasteiger partial charge in [0.1, 0.15) is 6.61 Å². The Labute approximate surface area is 133 Å². The number of allylic oxidation sites excluding steroid dienone is 2. The van der Waals surface area contributed by atoms with Crippen LogP contribution in [0.2, 0.25) is 0 Å². The largest absolute Gasteiger partial charge is 2.00 e. The summed E-state index contributed by atoms with van der Waals surface area (Å²) in [5.74, 6) is 0.711. The first-order chi connectivity index (χ1) is 7.34. The minimum Gasteiger partial charge on any atom is -1.00 e. The van der Waals surface area contributed by atoms with Crippen molar-refractivity contribution < 1.29 is 21.7 Å². The number of rotatable bonds is 3. The van der Waals surface area contributed by atoms with E-state index in [4.69, 9.17) is 16.3 Å². The van der Waals surface area contributed by atoms with Crippen molar-refractivity contribution in [1.82, 2.24) is 0 Å².